The molecule has 0 bridgehead atoms. The Hall–Kier alpha value is -0.120. The number of piperidine rings is 1. The van der Waals surface area contributed by atoms with Gasteiger partial charge in [0.05, 0.1) is 5.60 Å². The van der Waals surface area contributed by atoms with Crippen molar-refractivity contribution in [1.29, 1.82) is 0 Å². The van der Waals surface area contributed by atoms with Crippen molar-refractivity contribution in [2.24, 2.45) is 0 Å². The molecule has 1 N–H and O–H groups in total. The van der Waals surface area contributed by atoms with Gasteiger partial charge in [0.2, 0.25) is 0 Å². The maximum absolute atomic E-state index is 6.22. The van der Waals surface area contributed by atoms with E-state index in [2.05, 4.69) is 24.3 Å². The van der Waals surface area contributed by atoms with E-state index in [1.54, 1.807) is 0 Å². The molecule has 3 fully saturated rings. The standard InChI is InChI=1S/C17H32N2O/c1-14-7-6-8-15(2)19(14)18-16-9-12-20-17(13-16)10-4-3-5-11-17/h14-16,18H,3-13H2,1-2H3. The number of nitrogens with zero attached hydrogens (tertiary/aromatic N) is 1. The molecular formula is C17H32N2O. The first-order valence-electron chi connectivity index (χ1n) is 8.87. The van der Waals surface area contributed by atoms with Crippen LogP contribution in [-0.2, 0) is 4.74 Å². The Bertz CT molecular complexity index is 299. The van der Waals surface area contributed by atoms with Gasteiger partial charge in [0.15, 0.2) is 0 Å². The molecule has 3 rings (SSSR count). The number of rotatable bonds is 2. The quantitative estimate of drug-likeness (QED) is 0.836. The number of hydrogen-bond acceptors (Lipinski definition) is 3. The van der Waals surface area contributed by atoms with Crippen LogP contribution < -0.4 is 5.43 Å². The van der Waals surface area contributed by atoms with Crippen molar-refractivity contribution in [2.75, 3.05) is 6.61 Å². The maximum atomic E-state index is 6.22. The summed E-state index contributed by atoms with van der Waals surface area (Å²) in [6.45, 7) is 5.70. The van der Waals surface area contributed by atoms with Gasteiger partial charge in [0.25, 0.3) is 0 Å². The maximum Gasteiger partial charge on any atom is 0.0697 e. The number of nitrogens with one attached hydrogen (secondary N) is 1. The molecule has 2 heterocycles. The van der Waals surface area contributed by atoms with Gasteiger partial charge in [-0.15, -0.1) is 0 Å². The third kappa shape index (κ3) is 3.20. The predicted octanol–water partition coefficient (Wildman–Crippen LogP) is 3.64. The number of ether oxygens (including phenoxy) is 1. The van der Waals surface area contributed by atoms with Crippen LogP contribution in [0.2, 0.25) is 0 Å². The summed E-state index contributed by atoms with van der Waals surface area (Å²) in [5.74, 6) is 0. The molecule has 3 atom stereocenters. The zero-order chi connectivity index (χ0) is 14.0. The van der Waals surface area contributed by atoms with E-state index in [1.807, 2.05) is 0 Å². The van der Waals surface area contributed by atoms with Crippen LogP contribution in [0, 0.1) is 0 Å². The van der Waals surface area contributed by atoms with Crippen LogP contribution in [0.15, 0.2) is 0 Å². The molecule has 3 nitrogen and oxygen atoms in total. The normalized spacial score (nSPS) is 39.0. The van der Waals surface area contributed by atoms with Gasteiger partial charge in [-0.3, -0.25) is 5.43 Å². The fourth-order valence-electron chi connectivity index (χ4n) is 4.57. The highest BCUT2D eigenvalue weighted by Crippen LogP contribution is 2.38. The molecule has 0 aromatic rings. The van der Waals surface area contributed by atoms with Crippen molar-refractivity contribution in [3.8, 4) is 0 Å². The van der Waals surface area contributed by atoms with Gasteiger partial charge < -0.3 is 4.74 Å². The van der Waals surface area contributed by atoms with Crippen LogP contribution in [-0.4, -0.2) is 35.3 Å². The van der Waals surface area contributed by atoms with Gasteiger partial charge >= 0.3 is 0 Å². The third-order valence-electron chi connectivity index (χ3n) is 5.78. The minimum absolute atomic E-state index is 0.219. The summed E-state index contributed by atoms with van der Waals surface area (Å²) >= 11 is 0. The first-order valence-corrected chi connectivity index (χ1v) is 8.87. The molecule has 1 saturated carbocycles. The predicted molar refractivity (Wildman–Crippen MR) is 82.5 cm³/mol. The van der Waals surface area contributed by atoms with E-state index in [9.17, 15) is 0 Å². The highest BCUT2D eigenvalue weighted by Gasteiger charge is 2.39. The Balaban J connectivity index is 1.59. The molecule has 1 spiro atoms. The molecule has 0 amide bonds. The van der Waals surface area contributed by atoms with Crippen molar-refractivity contribution in [1.82, 2.24) is 10.4 Å². The molecule has 2 saturated heterocycles. The second-order valence-corrected chi connectivity index (χ2v) is 7.45. The SMILES string of the molecule is CC1CCCC(C)N1NC1CCOC2(CCCCC2)C1. The lowest BCUT2D eigenvalue weighted by Crippen LogP contribution is -2.58. The van der Waals surface area contributed by atoms with E-state index in [1.165, 1.54) is 64.2 Å². The minimum Gasteiger partial charge on any atom is -0.375 e. The highest BCUT2D eigenvalue weighted by molar-refractivity contribution is 4.92. The molecule has 1 aliphatic carbocycles. The molecule has 0 aromatic heterocycles. The lowest BCUT2D eigenvalue weighted by atomic mass is 9.78. The Labute approximate surface area is 124 Å². The third-order valence-corrected chi connectivity index (χ3v) is 5.78. The molecule has 116 valence electrons. The number of hydrazine groups is 1. The average Bonchev–Trinajstić information content (AvgIpc) is 2.44. The topological polar surface area (TPSA) is 24.5 Å². The Morgan fingerprint density at radius 3 is 2.35 bits per heavy atom. The lowest BCUT2D eigenvalue weighted by Gasteiger charge is -2.47. The minimum atomic E-state index is 0.219. The Morgan fingerprint density at radius 1 is 0.950 bits per heavy atom. The van der Waals surface area contributed by atoms with Crippen LogP contribution in [0.5, 0.6) is 0 Å². The van der Waals surface area contributed by atoms with E-state index in [4.69, 9.17) is 4.74 Å². The van der Waals surface area contributed by atoms with Gasteiger partial charge in [0.1, 0.15) is 0 Å². The summed E-state index contributed by atoms with van der Waals surface area (Å²) in [5, 5.41) is 2.55. The van der Waals surface area contributed by atoms with E-state index < -0.39 is 0 Å². The fraction of sp³-hybridized carbons (Fsp3) is 1.00. The molecule has 0 radical (unpaired) electrons. The van der Waals surface area contributed by atoms with Crippen LogP contribution in [0.4, 0.5) is 0 Å². The number of hydrogen-bond donors (Lipinski definition) is 1. The van der Waals surface area contributed by atoms with Gasteiger partial charge in [-0.2, -0.15) is 0 Å². The van der Waals surface area contributed by atoms with Crippen LogP contribution in [0.1, 0.15) is 78.1 Å². The summed E-state index contributed by atoms with van der Waals surface area (Å²) in [5.41, 5.74) is 4.10. The smallest absolute Gasteiger partial charge is 0.0697 e. The lowest BCUT2D eigenvalue weighted by molar-refractivity contribution is -0.121. The summed E-state index contributed by atoms with van der Waals surface area (Å²) < 4.78 is 6.22. The molecule has 20 heavy (non-hydrogen) atoms. The van der Waals surface area contributed by atoms with E-state index in [0.717, 1.165) is 6.61 Å². The van der Waals surface area contributed by atoms with E-state index in [0.29, 0.717) is 18.1 Å². The molecule has 3 unspecified atom stereocenters. The second kappa shape index (κ2) is 6.33. The van der Waals surface area contributed by atoms with Crippen LogP contribution in [0.3, 0.4) is 0 Å². The van der Waals surface area contributed by atoms with Crippen molar-refractivity contribution < 1.29 is 4.74 Å². The summed E-state index contributed by atoms with van der Waals surface area (Å²) in [4.78, 5) is 0. The highest BCUT2D eigenvalue weighted by atomic mass is 16.5. The monoisotopic (exact) mass is 280 g/mol. The molecule has 3 heteroatoms. The van der Waals surface area contributed by atoms with Crippen molar-refractivity contribution in [3.63, 3.8) is 0 Å². The summed E-state index contributed by atoms with van der Waals surface area (Å²) in [6, 6.07) is 2.00. The van der Waals surface area contributed by atoms with Gasteiger partial charge in [-0.05, 0) is 52.4 Å². The molecule has 2 aliphatic heterocycles. The van der Waals surface area contributed by atoms with Crippen LogP contribution in [0.25, 0.3) is 0 Å². The van der Waals surface area contributed by atoms with Crippen molar-refractivity contribution >= 4 is 0 Å². The molecule has 0 aromatic carbocycles. The zero-order valence-electron chi connectivity index (χ0n) is 13.4. The van der Waals surface area contributed by atoms with Crippen molar-refractivity contribution in [3.05, 3.63) is 0 Å². The molecule has 3 aliphatic rings. The van der Waals surface area contributed by atoms with Crippen LogP contribution >= 0.6 is 0 Å². The van der Waals surface area contributed by atoms with Gasteiger partial charge in [-0.1, -0.05) is 25.7 Å². The van der Waals surface area contributed by atoms with E-state index >= 15 is 0 Å². The largest absolute Gasteiger partial charge is 0.375 e. The summed E-state index contributed by atoms with van der Waals surface area (Å²) in [6.07, 6.45) is 13.2. The zero-order valence-corrected chi connectivity index (χ0v) is 13.4. The Morgan fingerprint density at radius 2 is 1.65 bits per heavy atom. The van der Waals surface area contributed by atoms with Crippen molar-refractivity contribution in [2.45, 2.75) is 102 Å². The van der Waals surface area contributed by atoms with Gasteiger partial charge in [0, 0.05) is 24.7 Å². The fourth-order valence-corrected chi connectivity index (χ4v) is 4.57. The Kier molecular flexibility index (Phi) is 4.68. The summed E-state index contributed by atoms with van der Waals surface area (Å²) in [7, 11) is 0. The first-order chi connectivity index (χ1) is 9.69. The average molecular weight is 280 g/mol. The van der Waals surface area contributed by atoms with Gasteiger partial charge in [-0.25, -0.2) is 5.01 Å². The van der Waals surface area contributed by atoms with E-state index in [-0.39, 0.29) is 5.60 Å². The molecular weight excluding hydrogens is 248 g/mol. The first kappa shape index (κ1) is 14.8. The second-order valence-electron chi connectivity index (χ2n) is 7.45.